The highest BCUT2D eigenvalue weighted by Gasteiger charge is 2.15. The van der Waals surface area contributed by atoms with Crippen molar-refractivity contribution >= 4 is 54.4 Å². The van der Waals surface area contributed by atoms with E-state index in [1.54, 1.807) is 29.8 Å². The molecule has 140 valence electrons. The Labute approximate surface area is 171 Å². The van der Waals surface area contributed by atoms with E-state index >= 15 is 0 Å². The van der Waals surface area contributed by atoms with Crippen molar-refractivity contribution in [2.24, 2.45) is 17.3 Å². The van der Waals surface area contributed by atoms with Crippen LogP contribution >= 0.6 is 31.9 Å². The second kappa shape index (κ2) is 8.10. The Bertz CT molecular complexity index is 1050. The molecular formula is C18H15Br2N3O4. The molecule has 0 atom stereocenters. The molecule has 0 aliphatic carbocycles. The number of amides is 1. The summed E-state index contributed by atoms with van der Waals surface area (Å²) in [5.74, 6) is 0.190. The second-order valence-corrected chi connectivity index (χ2v) is 7.32. The molecule has 0 fully saturated rings. The van der Waals surface area contributed by atoms with Gasteiger partial charge in [0.15, 0.2) is 23.8 Å². The number of nitrogens with zero attached hydrogens (tertiary/aromatic N) is 3. The first kappa shape index (κ1) is 19.4. The first-order chi connectivity index (χ1) is 12.9. The predicted octanol–water partition coefficient (Wildman–Crippen LogP) is 5.11. The topological polar surface area (TPSA) is 85.4 Å². The Balaban J connectivity index is 1.77. The first-order valence-corrected chi connectivity index (χ1v) is 9.37. The molecule has 1 aromatic heterocycles. The SMILES string of the molecule is COc1cc(Br)cc(Br)c1OCC(=O)N=Nc1c(O)n(C)c2ccccc12. The van der Waals surface area contributed by atoms with Gasteiger partial charge in [0.2, 0.25) is 5.88 Å². The van der Waals surface area contributed by atoms with Crippen LogP contribution in [0.15, 0.2) is 55.6 Å². The van der Waals surface area contributed by atoms with Gasteiger partial charge in [-0.05, 0) is 34.1 Å². The molecule has 0 radical (unpaired) electrons. The van der Waals surface area contributed by atoms with Crippen molar-refractivity contribution < 1.29 is 19.4 Å². The minimum atomic E-state index is -0.598. The highest BCUT2D eigenvalue weighted by atomic mass is 79.9. The van der Waals surface area contributed by atoms with Gasteiger partial charge in [0.05, 0.1) is 17.1 Å². The number of halogens is 2. The summed E-state index contributed by atoms with van der Waals surface area (Å²) in [5.41, 5.74) is 1.03. The standard InChI is InChI=1S/C18H15Br2N3O4/c1-23-13-6-4-3-5-11(13)16(18(23)25)22-21-15(24)9-27-17-12(20)7-10(19)8-14(17)26-2/h3-8,25H,9H2,1-2H3. The van der Waals surface area contributed by atoms with Crippen molar-refractivity contribution in [3.05, 3.63) is 45.3 Å². The third-order valence-corrected chi connectivity index (χ3v) is 4.89. The van der Waals surface area contributed by atoms with Crippen LogP contribution in [0.5, 0.6) is 17.4 Å². The number of rotatable bonds is 5. The summed E-state index contributed by atoms with van der Waals surface area (Å²) in [6.07, 6.45) is 0. The number of para-hydroxylation sites is 1. The highest BCUT2D eigenvalue weighted by molar-refractivity contribution is 9.11. The first-order valence-electron chi connectivity index (χ1n) is 7.79. The number of benzene rings is 2. The average molecular weight is 497 g/mol. The number of methoxy groups -OCH3 is 1. The molecule has 2 aromatic carbocycles. The van der Waals surface area contributed by atoms with Crippen LogP contribution in [0.2, 0.25) is 0 Å². The molecule has 0 saturated carbocycles. The average Bonchev–Trinajstić information content (AvgIpc) is 2.89. The number of azo groups is 1. The number of aromatic hydroxyl groups is 1. The van der Waals surface area contributed by atoms with E-state index in [-0.39, 0.29) is 18.2 Å². The van der Waals surface area contributed by atoms with Gasteiger partial charge in [-0.2, -0.15) is 0 Å². The Morgan fingerprint density at radius 3 is 2.74 bits per heavy atom. The molecule has 7 nitrogen and oxygen atoms in total. The van der Waals surface area contributed by atoms with Crippen LogP contribution in [0.1, 0.15) is 0 Å². The van der Waals surface area contributed by atoms with E-state index in [1.807, 2.05) is 18.2 Å². The molecule has 0 aliphatic rings. The monoisotopic (exact) mass is 495 g/mol. The van der Waals surface area contributed by atoms with Crippen molar-refractivity contribution in [1.82, 2.24) is 4.57 Å². The van der Waals surface area contributed by atoms with Gasteiger partial charge >= 0.3 is 5.91 Å². The molecule has 0 saturated heterocycles. The highest BCUT2D eigenvalue weighted by Crippen LogP contribution is 2.39. The van der Waals surface area contributed by atoms with Gasteiger partial charge in [-0.3, -0.25) is 4.79 Å². The van der Waals surface area contributed by atoms with E-state index in [0.29, 0.717) is 21.4 Å². The number of aromatic nitrogens is 1. The van der Waals surface area contributed by atoms with Crippen LogP contribution in [0.3, 0.4) is 0 Å². The van der Waals surface area contributed by atoms with Crippen molar-refractivity contribution in [2.45, 2.75) is 0 Å². The molecule has 0 aliphatic heterocycles. The Morgan fingerprint density at radius 2 is 2.00 bits per heavy atom. The molecule has 27 heavy (non-hydrogen) atoms. The number of hydrogen-bond acceptors (Lipinski definition) is 5. The molecule has 1 N–H and O–H groups in total. The molecule has 1 amide bonds. The van der Waals surface area contributed by atoms with Crippen LogP contribution in [0, 0.1) is 0 Å². The van der Waals surface area contributed by atoms with E-state index in [1.165, 1.54) is 7.11 Å². The lowest BCUT2D eigenvalue weighted by atomic mass is 10.2. The maximum absolute atomic E-state index is 12.1. The number of aryl methyl sites for hydroxylation is 1. The fraction of sp³-hybridized carbons (Fsp3) is 0.167. The molecule has 3 rings (SSSR count). The van der Waals surface area contributed by atoms with Crippen LogP contribution in [0.25, 0.3) is 10.9 Å². The zero-order chi connectivity index (χ0) is 19.6. The molecule has 0 spiro atoms. The van der Waals surface area contributed by atoms with E-state index < -0.39 is 5.91 Å². The fourth-order valence-electron chi connectivity index (χ4n) is 2.56. The van der Waals surface area contributed by atoms with Crippen LogP contribution in [-0.4, -0.2) is 29.3 Å². The zero-order valence-electron chi connectivity index (χ0n) is 14.4. The summed E-state index contributed by atoms with van der Waals surface area (Å²) in [5, 5.41) is 18.5. The molecule has 1 heterocycles. The summed E-state index contributed by atoms with van der Waals surface area (Å²) >= 11 is 6.72. The molecule has 9 heteroatoms. The van der Waals surface area contributed by atoms with Crippen LogP contribution in [-0.2, 0) is 11.8 Å². The van der Waals surface area contributed by atoms with Gasteiger partial charge in [-0.25, -0.2) is 0 Å². The smallest absolute Gasteiger partial charge is 0.302 e. The summed E-state index contributed by atoms with van der Waals surface area (Å²) in [6, 6.07) is 10.8. The summed E-state index contributed by atoms with van der Waals surface area (Å²) in [6.45, 7) is -0.328. The Kier molecular flexibility index (Phi) is 5.81. The summed E-state index contributed by atoms with van der Waals surface area (Å²) in [7, 11) is 3.21. The maximum Gasteiger partial charge on any atom is 0.302 e. The van der Waals surface area contributed by atoms with E-state index in [0.717, 1.165) is 9.99 Å². The number of ether oxygens (including phenoxy) is 2. The van der Waals surface area contributed by atoms with Gasteiger partial charge < -0.3 is 19.1 Å². The summed E-state index contributed by atoms with van der Waals surface area (Å²) < 4.78 is 13.8. The molecule has 0 unspecified atom stereocenters. The van der Waals surface area contributed by atoms with Crippen molar-refractivity contribution in [3.63, 3.8) is 0 Å². The van der Waals surface area contributed by atoms with Crippen LogP contribution < -0.4 is 9.47 Å². The lowest BCUT2D eigenvalue weighted by molar-refractivity contribution is -0.120. The number of hydrogen-bond donors (Lipinski definition) is 1. The lowest BCUT2D eigenvalue weighted by Crippen LogP contribution is -2.09. The quantitative estimate of drug-likeness (QED) is 0.497. The van der Waals surface area contributed by atoms with Crippen molar-refractivity contribution in [2.75, 3.05) is 13.7 Å². The van der Waals surface area contributed by atoms with Gasteiger partial charge in [-0.1, -0.05) is 34.1 Å². The zero-order valence-corrected chi connectivity index (χ0v) is 17.6. The largest absolute Gasteiger partial charge is 0.493 e. The Hall–Kier alpha value is -2.39. The Morgan fingerprint density at radius 1 is 1.26 bits per heavy atom. The van der Waals surface area contributed by atoms with Gasteiger partial charge in [0, 0.05) is 16.9 Å². The minimum absolute atomic E-state index is 0.0639. The second-order valence-electron chi connectivity index (χ2n) is 5.55. The normalized spacial score (nSPS) is 11.3. The molecule has 0 bridgehead atoms. The fourth-order valence-corrected chi connectivity index (χ4v) is 3.86. The number of carbonyl (C=O) groups is 1. The lowest BCUT2D eigenvalue weighted by Gasteiger charge is -2.11. The predicted molar refractivity (Wildman–Crippen MR) is 108 cm³/mol. The van der Waals surface area contributed by atoms with Crippen molar-refractivity contribution in [3.8, 4) is 17.4 Å². The van der Waals surface area contributed by atoms with Gasteiger partial charge in [0.25, 0.3) is 0 Å². The minimum Gasteiger partial charge on any atom is -0.493 e. The summed E-state index contributed by atoms with van der Waals surface area (Å²) in [4.78, 5) is 12.1. The molecule has 3 aromatic rings. The van der Waals surface area contributed by atoms with Gasteiger partial charge in [-0.15, -0.1) is 10.2 Å². The van der Waals surface area contributed by atoms with Crippen molar-refractivity contribution in [1.29, 1.82) is 0 Å². The number of carbonyl (C=O) groups excluding carboxylic acids is 1. The van der Waals surface area contributed by atoms with Crippen LogP contribution in [0.4, 0.5) is 5.69 Å². The third kappa shape index (κ3) is 3.98. The maximum atomic E-state index is 12.1. The van der Waals surface area contributed by atoms with E-state index in [9.17, 15) is 9.90 Å². The van der Waals surface area contributed by atoms with E-state index in [4.69, 9.17) is 9.47 Å². The van der Waals surface area contributed by atoms with E-state index in [2.05, 4.69) is 42.1 Å². The third-order valence-electron chi connectivity index (χ3n) is 3.85. The number of fused-ring (bicyclic) bond motifs is 1. The molecular weight excluding hydrogens is 482 g/mol. The van der Waals surface area contributed by atoms with Gasteiger partial charge in [0.1, 0.15) is 0 Å².